The maximum Gasteiger partial charge on any atom is 0.251 e. The van der Waals surface area contributed by atoms with Crippen molar-refractivity contribution in [3.05, 3.63) is 64.7 Å². The van der Waals surface area contributed by atoms with Gasteiger partial charge in [0.05, 0.1) is 18.5 Å². The molecule has 5 nitrogen and oxygen atoms in total. The highest BCUT2D eigenvalue weighted by molar-refractivity contribution is 7.92. The minimum Gasteiger partial charge on any atom is -0.352 e. The van der Waals surface area contributed by atoms with Gasteiger partial charge in [-0.2, -0.15) is 0 Å². The van der Waals surface area contributed by atoms with Crippen LogP contribution in [0.3, 0.4) is 0 Å². The summed E-state index contributed by atoms with van der Waals surface area (Å²) in [6.45, 7) is 6.69. The topological polar surface area (TPSA) is 66.5 Å². The van der Waals surface area contributed by atoms with Crippen LogP contribution in [-0.4, -0.2) is 27.1 Å². The zero-order valence-corrected chi connectivity index (χ0v) is 16.6. The molecule has 1 amide bonds. The van der Waals surface area contributed by atoms with Gasteiger partial charge in [0.15, 0.2) is 0 Å². The summed E-state index contributed by atoms with van der Waals surface area (Å²) in [7, 11) is -3.44. The Labute approximate surface area is 156 Å². The van der Waals surface area contributed by atoms with Crippen molar-refractivity contribution in [2.24, 2.45) is 0 Å². The van der Waals surface area contributed by atoms with Gasteiger partial charge in [0.25, 0.3) is 5.91 Å². The third-order valence-electron chi connectivity index (χ3n) is 4.11. The van der Waals surface area contributed by atoms with Crippen LogP contribution in [0, 0.1) is 13.8 Å². The van der Waals surface area contributed by atoms with Crippen molar-refractivity contribution >= 4 is 21.6 Å². The van der Waals surface area contributed by atoms with Gasteiger partial charge in [0, 0.05) is 12.1 Å². The fraction of sp³-hybridized carbons (Fsp3) is 0.350. The van der Waals surface area contributed by atoms with Gasteiger partial charge in [-0.05, 0) is 55.2 Å². The van der Waals surface area contributed by atoms with E-state index in [-0.39, 0.29) is 12.5 Å². The average Bonchev–Trinajstić information content (AvgIpc) is 2.59. The van der Waals surface area contributed by atoms with E-state index in [2.05, 4.69) is 5.32 Å². The zero-order valence-electron chi connectivity index (χ0n) is 15.7. The lowest BCUT2D eigenvalue weighted by Crippen LogP contribution is -2.30. The van der Waals surface area contributed by atoms with Crippen molar-refractivity contribution in [1.29, 1.82) is 0 Å². The van der Waals surface area contributed by atoms with E-state index in [0.717, 1.165) is 23.1 Å². The van der Waals surface area contributed by atoms with Gasteiger partial charge in [-0.3, -0.25) is 9.10 Å². The first-order valence-corrected chi connectivity index (χ1v) is 10.5. The molecular formula is C20H26N2O3S. The predicted octanol–water partition coefficient (Wildman–Crippen LogP) is 3.41. The Morgan fingerprint density at radius 2 is 1.73 bits per heavy atom. The minimum absolute atomic E-state index is 0.118. The molecule has 1 N–H and O–H groups in total. The largest absolute Gasteiger partial charge is 0.352 e. The molecule has 0 aromatic heterocycles. The summed E-state index contributed by atoms with van der Waals surface area (Å²) in [4.78, 5) is 12.0. The Balaban J connectivity index is 2.27. The second-order valence-electron chi connectivity index (χ2n) is 6.51. The highest BCUT2D eigenvalue weighted by atomic mass is 32.2. The number of hydrogen-bond acceptors (Lipinski definition) is 3. The molecule has 6 heteroatoms. The summed E-state index contributed by atoms with van der Waals surface area (Å²) < 4.78 is 26.1. The van der Waals surface area contributed by atoms with Crippen molar-refractivity contribution < 1.29 is 13.2 Å². The lowest BCUT2D eigenvalue weighted by molar-refractivity contribution is 0.0953. The van der Waals surface area contributed by atoms with Gasteiger partial charge in [-0.25, -0.2) is 8.42 Å². The zero-order chi connectivity index (χ0) is 19.3. The molecule has 0 bridgehead atoms. The molecule has 26 heavy (non-hydrogen) atoms. The molecule has 0 radical (unpaired) electrons. The summed E-state index contributed by atoms with van der Waals surface area (Å²) in [5, 5.41) is 2.83. The molecular weight excluding hydrogens is 348 g/mol. The van der Waals surface area contributed by atoms with Crippen LogP contribution in [0.2, 0.25) is 0 Å². The van der Waals surface area contributed by atoms with Crippen LogP contribution in [0.25, 0.3) is 0 Å². The summed E-state index contributed by atoms with van der Waals surface area (Å²) >= 11 is 0. The molecule has 0 fully saturated rings. The SMILES string of the molecule is CCCNC(=O)c1ccc(CN(c2cc(C)ccc2C)S(C)(=O)=O)cc1. The van der Waals surface area contributed by atoms with Gasteiger partial charge >= 0.3 is 0 Å². The number of carbonyl (C=O) groups excluding carboxylic acids is 1. The first-order valence-electron chi connectivity index (χ1n) is 8.64. The fourth-order valence-corrected chi connectivity index (χ4v) is 3.57. The second-order valence-corrected chi connectivity index (χ2v) is 8.42. The quantitative estimate of drug-likeness (QED) is 0.808. The lowest BCUT2D eigenvalue weighted by atomic mass is 10.1. The number of hydrogen-bond donors (Lipinski definition) is 1. The average molecular weight is 375 g/mol. The van der Waals surface area contributed by atoms with Gasteiger partial charge < -0.3 is 5.32 Å². The standard InChI is InChI=1S/C20H26N2O3S/c1-5-12-21-20(23)18-10-8-17(9-11-18)14-22(26(4,24)25)19-13-15(2)6-7-16(19)3/h6-11,13H,5,12,14H2,1-4H3,(H,21,23). The monoisotopic (exact) mass is 374 g/mol. The Hall–Kier alpha value is -2.34. The fourth-order valence-electron chi connectivity index (χ4n) is 2.64. The number of nitrogens with zero attached hydrogens (tertiary/aromatic N) is 1. The Kier molecular flexibility index (Phi) is 6.42. The summed E-state index contributed by atoms with van der Waals surface area (Å²) in [5.41, 5.74) is 3.97. The Morgan fingerprint density at radius 1 is 1.08 bits per heavy atom. The Morgan fingerprint density at radius 3 is 2.31 bits per heavy atom. The van der Waals surface area contributed by atoms with Gasteiger partial charge in [-0.15, -0.1) is 0 Å². The van der Waals surface area contributed by atoms with Gasteiger partial charge in [0.2, 0.25) is 10.0 Å². The Bertz CT molecular complexity index is 874. The first kappa shape index (κ1) is 20.0. The summed E-state index contributed by atoms with van der Waals surface area (Å²) in [5.74, 6) is -0.118. The molecule has 0 unspecified atom stereocenters. The van der Waals surface area contributed by atoms with E-state index in [9.17, 15) is 13.2 Å². The van der Waals surface area contributed by atoms with Crippen molar-refractivity contribution in [2.45, 2.75) is 33.7 Å². The third-order valence-corrected chi connectivity index (χ3v) is 5.24. The van der Waals surface area contributed by atoms with Crippen molar-refractivity contribution in [1.82, 2.24) is 5.32 Å². The highest BCUT2D eigenvalue weighted by Crippen LogP contribution is 2.26. The van der Waals surface area contributed by atoms with Crippen LogP contribution in [0.15, 0.2) is 42.5 Å². The number of amides is 1. The molecule has 140 valence electrons. The van der Waals surface area contributed by atoms with E-state index in [4.69, 9.17) is 0 Å². The number of aryl methyl sites for hydroxylation is 2. The third kappa shape index (κ3) is 5.08. The van der Waals surface area contributed by atoms with E-state index in [1.54, 1.807) is 24.3 Å². The van der Waals surface area contributed by atoms with E-state index < -0.39 is 10.0 Å². The van der Waals surface area contributed by atoms with Gasteiger partial charge in [0.1, 0.15) is 0 Å². The van der Waals surface area contributed by atoms with Crippen LogP contribution in [0.5, 0.6) is 0 Å². The van der Waals surface area contributed by atoms with Crippen molar-refractivity contribution in [2.75, 3.05) is 17.1 Å². The predicted molar refractivity (Wildman–Crippen MR) is 106 cm³/mol. The normalized spacial score (nSPS) is 11.2. The van der Waals surface area contributed by atoms with Crippen molar-refractivity contribution in [3.63, 3.8) is 0 Å². The van der Waals surface area contributed by atoms with Crippen LogP contribution in [0.4, 0.5) is 5.69 Å². The molecule has 0 saturated carbocycles. The first-order chi connectivity index (χ1) is 12.2. The van der Waals surface area contributed by atoms with E-state index >= 15 is 0 Å². The number of carbonyl (C=O) groups is 1. The van der Waals surface area contributed by atoms with Gasteiger partial charge in [-0.1, -0.05) is 31.2 Å². The number of anilines is 1. The highest BCUT2D eigenvalue weighted by Gasteiger charge is 2.20. The van der Waals surface area contributed by atoms with Crippen LogP contribution >= 0.6 is 0 Å². The van der Waals surface area contributed by atoms with E-state index in [0.29, 0.717) is 17.8 Å². The molecule has 0 atom stereocenters. The lowest BCUT2D eigenvalue weighted by Gasteiger charge is -2.25. The smallest absolute Gasteiger partial charge is 0.251 e. The molecule has 0 aliphatic rings. The van der Waals surface area contributed by atoms with E-state index in [1.165, 1.54) is 10.6 Å². The minimum atomic E-state index is -3.44. The molecule has 0 spiro atoms. The number of benzene rings is 2. The molecule has 0 saturated heterocycles. The summed E-state index contributed by atoms with van der Waals surface area (Å²) in [6, 6.07) is 12.8. The van der Waals surface area contributed by atoms with Crippen LogP contribution < -0.4 is 9.62 Å². The molecule has 2 rings (SSSR count). The molecule has 0 aliphatic carbocycles. The maximum absolute atomic E-state index is 12.4. The van der Waals surface area contributed by atoms with Crippen LogP contribution in [-0.2, 0) is 16.6 Å². The number of rotatable bonds is 7. The molecule has 2 aromatic carbocycles. The maximum atomic E-state index is 12.4. The number of nitrogens with one attached hydrogen (secondary N) is 1. The molecule has 0 aliphatic heterocycles. The van der Waals surface area contributed by atoms with Crippen LogP contribution in [0.1, 0.15) is 40.4 Å². The molecule has 2 aromatic rings. The van der Waals surface area contributed by atoms with Crippen molar-refractivity contribution in [3.8, 4) is 0 Å². The summed E-state index contributed by atoms with van der Waals surface area (Å²) in [6.07, 6.45) is 2.09. The molecule has 0 heterocycles. The van der Waals surface area contributed by atoms with E-state index in [1.807, 2.05) is 39.0 Å². The number of sulfonamides is 1. The second kappa shape index (κ2) is 8.36.